The molecule has 0 bridgehead atoms. The van der Waals surface area contributed by atoms with Crippen molar-refractivity contribution in [3.63, 3.8) is 0 Å². The summed E-state index contributed by atoms with van der Waals surface area (Å²) in [4.78, 5) is 0. The van der Waals surface area contributed by atoms with E-state index in [0.717, 1.165) is 19.4 Å². The molecule has 1 heterocycles. The zero-order valence-electron chi connectivity index (χ0n) is 9.22. The molecule has 1 aliphatic rings. The van der Waals surface area contributed by atoms with Gasteiger partial charge in [0, 0.05) is 6.04 Å². The first-order valence-corrected chi connectivity index (χ1v) is 5.46. The van der Waals surface area contributed by atoms with Crippen molar-refractivity contribution in [2.24, 2.45) is 0 Å². The van der Waals surface area contributed by atoms with Crippen LogP contribution in [0.5, 0.6) is 5.75 Å². The molecule has 0 amide bonds. The number of hydrogen-bond acceptors (Lipinski definition) is 2. The largest absolute Gasteiger partial charge is 0.491 e. The third-order valence-corrected chi connectivity index (χ3v) is 2.91. The molecule has 4 heteroatoms. The van der Waals surface area contributed by atoms with Gasteiger partial charge in [-0.05, 0) is 43.5 Å². The van der Waals surface area contributed by atoms with Gasteiger partial charge in [-0.3, -0.25) is 0 Å². The summed E-state index contributed by atoms with van der Waals surface area (Å²) in [6.45, 7) is 0.992. The fourth-order valence-electron chi connectivity index (χ4n) is 2.14. The Hall–Kier alpha value is -1.16. The van der Waals surface area contributed by atoms with Crippen molar-refractivity contribution in [1.82, 2.24) is 5.32 Å². The van der Waals surface area contributed by atoms with Gasteiger partial charge in [-0.25, -0.2) is 8.78 Å². The molecule has 0 saturated carbocycles. The Kier molecular flexibility index (Phi) is 3.39. The maximum atomic E-state index is 13.4. The van der Waals surface area contributed by atoms with Crippen LogP contribution in [0.2, 0.25) is 0 Å². The number of ether oxygens (including phenoxy) is 1. The first-order valence-electron chi connectivity index (χ1n) is 5.46. The fraction of sp³-hybridized carbons (Fsp3) is 0.500. The highest BCUT2D eigenvalue weighted by molar-refractivity contribution is 5.31. The Bertz CT molecular complexity index is 352. The zero-order valence-corrected chi connectivity index (χ0v) is 9.22. The van der Waals surface area contributed by atoms with E-state index in [0.29, 0.717) is 18.0 Å². The summed E-state index contributed by atoms with van der Waals surface area (Å²) < 4.78 is 31.4. The molecule has 1 saturated heterocycles. The minimum absolute atomic E-state index is 0.303. The Morgan fingerprint density at radius 2 is 2.06 bits per heavy atom. The van der Waals surface area contributed by atoms with Crippen LogP contribution in [-0.4, -0.2) is 19.7 Å². The predicted octanol–water partition coefficient (Wildman–Crippen LogP) is 2.27. The van der Waals surface area contributed by atoms with E-state index in [1.807, 2.05) is 0 Å². The minimum Gasteiger partial charge on any atom is -0.491 e. The monoisotopic (exact) mass is 227 g/mol. The van der Waals surface area contributed by atoms with Crippen molar-refractivity contribution in [3.8, 4) is 5.75 Å². The van der Waals surface area contributed by atoms with Crippen molar-refractivity contribution in [3.05, 3.63) is 29.3 Å². The van der Waals surface area contributed by atoms with Crippen LogP contribution in [-0.2, 0) is 6.42 Å². The SMILES string of the molecule is COc1c(F)cc(CC2CCCN2)cc1F. The molecule has 2 rings (SSSR count). The van der Waals surface area contributed by atoms with Crippen molar-refractivity contribution in [2.45, 2.75) is 25.3 Å². The van der Waals surface area contributed by atoms with E-state index in [1.54, 1.807) is 0 Å². The molecule has 2 nitrogen and oxygen atoms in total. The second kappa shape index (κ2) is 4.78. The highest BCUT2D eigenvalue weighted by Gasteiger charge is 2.17. The molecule has 16 heavy (non-hydrogen) atoms. The van der Waals surface area contributed by atoms with Crippen LogP contribution in [0.4, 0.5) is 8.78 Å². The van der Waals surface area contributed by atoms with Crippen LogP contribution in [0.1, 0.15) is 18.4 Å². The number of nitrogens with one attached hydrogen (secondary N) is 1. The highest BCUT2D eigenvalue weighted by Crippen LogP contribution is 2.24. The molecule has 1 unspecified atom stereocenters. The summed E-state index contributed by atoms with van der Waals surface area (Å²) in [7, 11) is 1.26. The molecule has 1 atom stereocenters. The van der Waals surface area contributed by atoms with Crippen molar-refractivity contribution >= 4 is 0 Å². The average molecular weight is 227 g/mol. The molecular weight excluding hydrogens is 212 g/mol. The molecule has 0 radical (unpaired) electrons. The molecule has 1 aliphatic heterocycles. The van der Waals surface area contributed by atoms with E-state index >= 15 is 0 Å². The Morgan fingerprint density at radius 1 is 1.38 bits per heavy atom. The Balaban J connectivity index is 2.15. The van der Waals surface area contributed by atoms with Gasteiger partial charge in [-0.15, -0.1) is 0 Å². The third kappa shape index (κ3) is 2.32. The first-order chi connectivity index (χ1) is 7.70. The number of benzene rings is 1. The van der Waals surface area contributed by atoms with Crippen LogP contribution in [0.25, 0.3) is 0 Å². The molecule has 0 aromatic heterocycles. The van der Waals surface area contributed by atoms with Gasteiger partial charge in [0.05, 0.1) is 7.11 Å². The Labute approximate surface area is 93.6 Å². The molecule has 1 fully saturated rings. The molecule has 1 aromatic carbocycles. The van der Waals surface area contributed by atoms with E-state index in [1.165, 1.54) is 19.2 Å². The van der Waals surface area contributed by atoms with Crippen LogP contribution in [0, 0.1) is 11.6 Å². The summed E-state index contributed by atoms with van der Waals surface area (Å²) in [6, 6.07) is 3.04. The maximum absolute atomic E-state index is 13.4. The molecule has 1 N–H and O–H groups in total. The molecule has 1 aromatic rings. The third-order valence-electron chi connectivity index (χ3n) is 2.91. The molecule has 0 spiro atoms. The maximum Gasteiger partial charge on any atom is 0.190 e. The van der Waals surface area contributed by atoms with E-state index < -0.39 is 11.6 Å². The van der Waals surface area contributed by atoms with Crippen LogP contribution < -0.4 is 10.1 Å². The van der Waals surface area contributed by atoms with Crippen LogP contribution >= 0.6 is 0 Å². The van der Waals surface area contributed by atoms with Crippen LogP contribution in [0.3, 0.4) is 0 Å². The van der Waals surface area contributed by atoms with E-state index in [4.69, 9.17) is 0 Å². The number of hydrogen-bond donors (Lipinski definition) is 1. The second-order valence-electron chi connectivity index (χ2n) is 4.09. The lowest BCUT2D eigenvalue weighted by atomic mass is 10.0. The van der Waals surface area contributed by atoms with Gasteiger partial charge in [0.1, 0.15) is 0 Å². The van der Waals surface area contributed by atoms with Gasteiger partial charge >= 0.3 is 0 Å². The second-order valence-corrected chi connectivity index (χ2v) is 4.09. The van der Waals surface area contributed by atoms with Gasteiger partial charge in [0.15, 0.2) is 17.4 Å². The van der Waals surface area contributed by atoms with E-state index in [-0.39, 0.29) is 5.75 Å². The summed E-state index contributed by atoms with van der Waals surface area (Å²) in [5.74, 6) is -1.56. The summed E-state index contributed by atoms with van der Waals surface area (Å²) in [5, 5.41) is 3.30. The smallest absolute Gasteiger partial charge is 0.190 e. The summed E-state index contributed by atoms with van der Waals surface area (Å²) in [6.07, 6.45) is 2.86. The molecular formula is C12H15F2NO. The lowest BCUT2D eigenvalue weighted by Crippen LogP contribution is -2.23. The molecule has 88 valence electrons. The van der Waals surface area contributed by atoms with Gasteiger partial charge in [0.25, 0.3) is 0 Å². The quantitative estimate of drug-likeness (QED) is 0.855. The van der Waals surface area contributed by atoms with E-state index in [9.17, 15) is 8.78 Å². The van der Waals surface area contributed by atoms with E-state index in [2.05, 4.69) is 10.1 Å². The van der Waals surface area contributed by atoms with Gasteiger partial charge in [0.2, 0.25) is 0 Å². The number of rotatable bonds is 3. The normalized spacial score (nSPS) is 20.1. The number of methoxy groups -OCH3 is 1. The van der Waals surface area contributed by atoms with Crippen molar-refractivity contribution in [1.29, 1.82) is 0 Å². The topological polar surface area (TPSA) is 21.3 Å². The van der Waals surface area contributed by atoms with Gasteiger partial charge in [-0.2, -0.15) is 0 Å². The van der Waals surface area contributed by atoms with Gasteiger partial charge in [-0.1, -0.05) is 0 Å². The highest BCUT2D eigenvalue weighted by atomic mass is 19.1. The summed E-state index contributed by atoms with van der Waals surface area (Å²) >= 11 is 0. The standard InChI is InChI=1S/C12H15F2NO/c1-16-12-10(13)6-8(7-11(12)14)5-9-3-2-4-15-9/h6-7,9,15H,2-5H2,1H3. The summed E-state index contributed by atoms with van der Waals surface area (Å²) in [5.41, 5.74) is 0.676. The van der Waals surface area contributed by atoms with Crippen molar-refractivity contribution < 1.29 is 13.5 Å². The van der Waals surface area contributed by atoms with Gasteiger partial charge < -0.3 is 10.1 Å². The number of halogens is 2. The lowest BCUT2D eigenvalue weighted by Gasteiger charge is -2.11. The lowest BCUT2D eigenvalue weighted by molar-refractivity contribution is 0.359. The zero-order chi connectivity index (χ0) is 11.5. The fourth-order valence-corrected chi connectivity index (χ4v) is 2.14. The Morgan fingerprint density at radius 3 is 2.56 bits per heavy atom. The molecule has 0 aliphatic carbocycles. The van der Waals surface area contributed by atoms with Crippen LogP contribution in [0.15, 0.2) is 12.1 Å². The minimum atomic E-state index is -0.629. The first kappa shape index (κ1) is 11.3. The predicted molar refractivity (Wildman–Crippen MR) is 57.6 cm³/mol. The van der Waals surface area contributed by atoms with Crippen molar-refractivity contribution in [2.75, 3.05) is 13.7 Å². The average Bonchev–Trinajstić information content (AvgIpc) is 2.70.